The lowest BCUT2D eigenvalue weighted by molar-refractivity contribution is -0.0186. The Morgan fingerprint density at radius 2 is 1.54 bits per heavy atom. The Morgan fingerprint density at radius 3 is 2.19 bits per heavy atom. The van der Waals surface area contributed by atoms with Crippen LogP contribution < -0.4 is 11.4 Å². The van der Waals surface area contributed by atoms with Crippen molar-refractivity contribution in [3.05, 3.63) is 59.7 Å². The van der Waals surface area contributed by atoms with Crippen LogP contribution in [0.25, 0.3) is 11.1 Å². The van der Waals surface area contributed by atoms with Gasteiger partial charge in [0, 0.05) is 5.92 Å². The zero-order valence-corrected chi connectivity index (χ0v) is 14.4. The molecule has 7 nitrogen and oxygen atoms in total. The first-order valence-corrected chi connectivity index (χ1v) is 8.43. The largest absolute Gasteiger partial charge is 0.447 e. The normalized spacial score (nSPS) is 12.5. The van der Waals surface area contributed by atoms with Gasteiger partial charge in [-0.2, -0.15) is 5.48 Å². The summed E-state index contributed by atoms with van der Waals surface area (Å²) in [5.41, 5.74) is 6.95. The van der Waals surface area contributed by atoms with Crippen LogP contribution in [0.5, 0.6) is 0 Å². The van der Waals surface area contributed by atoms with E-state index in [2.05, 4.69) is 34.6 Å². The van der Waals surface area contributed by atoms with Gasteiger partial charge in [0.1, 0.15) is 6.61 Å². The zero-order valence-electron chi connectivity index (χ0n) is 14.4. The number of amides is 1. The van der Waals surface area contributed by atoms with Crippen LogP contribution in [0.3, 0.4) is 0 Å². The fourth-order valence-electron chi connectivity index (χ4n) is 3.05. The molecule has 0 bridgehead atoms. The standard InChI is InChI=1S/C19H22N2O5/c20-25-11-9-23-10-12-26-21-19(22)24-13-18-16-7-3-1-5-14(16)15-6-2-4-8-17(15)18/h1-8,18H,9-13,20H2,(H,21,22). The maximum absolute atomic E-state index is 11.8. The van der Waals surface area contributed by atoms with E-state index in [1.54, 1.807) is 0 Å². The van der Waals surface area contributed by atoms with Crippen molar-refractivity contribution in [2.24, 2.45) is 5.90 Å². The second kappa shape index (κ2) is 9.30. The summed E-state index contributed by atoms with van der Waals surface area (Å²) < 4.78 is 10.5. The average Bonchev–Trinajstić information content (AvgIpc) is 3.00. The van der Waals surface area contributed by atoms with Crippen molar-refractivity contribution in [1.82, 2.24) is 5.48 Å². The molecule has 1 aliphatic rings. The van der Waals surface area contributed by atoms with Crippen molar-refractivity contribution in [2.75, 3.05) is 33.0 Å². The van der Waals surface area contributed by atoms with Crippen molar-refractivity contribution in [3.63, 3.8) is 0 Å². The minimum absolute atomic E-state index is 0.0211. The molecule has 2 aromatic carbocycles. The monoisotopic (exact) mass is 358 g/mol. The van der Waals surface area contributed by atoms with Crippen molar-refractivity contribution >= 4 is 6.09 Å². The number of nitrogens with two attached hydrogens (primary N) is 1. The predicted molar refractivity (Wildman–Crippen MR) is 95.1 cm³/mol. The third-order valence-corrected chi connectivity index (χ3v) is 4.17. The Kier molecular flexibility index (Phi) is 6.56. The number of fused-ring (bicyclic) bond motifs is 3. The molecule has 0 aromatic heterocycles. The van der Waals surface area contributed by atoms with Gasteiger partial charge in [0.2, 0.25) is 0 Å². The number of hydrogen-bond acceptors (Lipinski definition) is 6. The molecular formula is C19H22N2O5. The fourth-order valence-corrected chi connectivity index (χ4v) is 3.05. The second-order valence-electron chi connectivity index (χ2n) is 5.76. The third-order valence-electron chi connectivity index (χ3n) is 4.17. The van der Waals surface area contributed by atoms with Gasteiger partial charge in [-0.1, -0.05) is 48.5 Å². The number of benzene rings is 2. The molecule has 138 valence electrons. The summed E-state index contributed by atoms with van der Waals surface area (Å²) in [6.07, 6.45) is -0.628. The van der Waals surface area contributed by atoms with Gasteiger partial charge in [-0.25, -0.2) is 10.7 Å². The van der Waals surface area contributed by atoms with E-state index in [4.69, 9.17) is 20.2 Å². The summed E-state index contributed by atoms with van der Waals surface area (Å²) in [5, 5.41) is 0. The number of nitrogens with one attached hydrogen (secondary N) is 1. The maximum Gasteiger partial charge on any atom is 0.431 e. The molecule has 0 unspecified atom stereocenters. The lowest BCUT2D eigenvalue weighted by Crippen LogP contribution is -2.28. The molecule has 0 heterocycles. The van der Waals surface area contributed by atoms with Crippen LogP contribution in [0, 0.1) is 0 Å². The van der Waals surface area contributed by atoms with Crippen LogP contribution in [0.4, 0.5) is 4.79 Å². The number of rotatable bonds is 9. The van der Waals surface area contributed by atoms with E-state index in [1.807, 2.05) is 24.3 Å². The summed E-state index contributed by atoms with van der Waals surface area (Å²) in [5.74, 6) is 4.89. The molecular weight excluding hydrogens is 336 g/mol. The highest BCUT2D eigenvalue weighted by molar-refractivity contribution is 5.79. The van der Waals surface area contributed by atoms with E-state index >= 15 is 0 Å². The topological polar surface area (TPSA) is 92.0 Å². The Labute approximate surface area is 151 Å². The van der Waals surface area contributed by atoms with E-state index < -0.39 is 6.09 Å². The van der Waals surface area contributed by atoms with Crippen LogP contribution >= 0.6 is 0 Å². The Morgan fingerprint density at radius 1 is 0.923 bits per heavy atom. The molecule has 1 amide bonds. The van der Waals surface area contributed by atoms with Gasteiger partial charge in [-0.15, -0.1) is 0 Å². The highest BCUT2D eigenvalue weighted by atomic mass is 16.7. The number of hydrogen-bond donors (Lipinski definition) is 2. The summed E-state index contributed by atoms with van der Waals surface area (Å²) in [6, 6.07) is 16.3. The van der Waals surface area contributed by atoms with Crippen molar-refractivity contribution in [2.45, 2.75) is 5.92 Å². The van der Waals surface area contributed by atoms with Gasteiger partial charge in [0.05, 0.1) is 26.4 Å². The minimum Gasteiger partial charge on any atom is -0.447 e. The predicted octanol–water partition coefficient (Wildman–Crippen LogP) is 2.36. The molecule has 7 heteroatoms. The molecule has 2 aromatic rings. The molecule has 0 saturated heterocycles. The number of hydroxylamine groups is 1. The first-order valence-electron chi connectivity index (χ1n) is 8.43. The first kappa shape index (κ1) is 18.3. The lowest BCUT2D eigenvalue weighted by atomic mass is 9.98. The molecule has 0 radical (unpaired) electrons. The summed E-state index contributed by atoms with van der Waals surface area (Å²) >= 11 is 0. The van der Waals surface area contributed by atoms with Crippen LogP contribution in [-0.2, 0) is 19.1 Å². The van der Waals surface area contributed by atoms with Crippen LogP contribution in [0.1, 0.15) is 17.0 Å². The Bertz CT molecular complexity index is 692. The van der Waals surface area contributed by atoms with E-state index in [0.717, 1.165) is 11.1 Å². The van der Waals surface area contributed by atoms with Crippen molar-refractivity contribution in [3.8, 4) is 11.1 Å². The van der Waals surface area contributed by atoms with E-state index in [1.165, 1.54) is 11.1 Å². The minimum atomic E-state index is -0.628. The number of ether oxygens (including phenoxy) is 2. The summed E-state index contributed by atoms with van der Waals surface area (Å²) in [7, 11) is 0. The molecule has 26 heavy (non-hydrogen) atoms. The highest BCUT2D eigenvalue weighted by Gasteiger charge is 2.28. The van der Waals surface area contributed by atoms with E-state index in [-0.39, 0.29) is 19.1 Å². The van der Waals surface area contributed by atoms with Gasteiger partial charge in [-0.05, 0) is 22.3 Å². The van der Waals surface area contributed by atoms with Crippen LogP contribution in [0.15, 0.2) is 48.5 Å². The SMILES string of the molecule is NOCCOCCONC(=O)OCC1c2ccccc2-c2ccccc21. The second-order valence-corrected chi connectivity index (χ2v) is 5.76. The van der Waals surface area contributed by atoms with Gasteiger partial charge in [0.15, 0.2) is 0 Å². The quantitative estimate of drug-likeness (QED) is 0.528. The van der Waals surface area contributed by atoms with Crippen LogP contribution in [0.2, 0.25) is 0 Å². The van der Waals surface area contributed by atoms with E-state index in [0.29, 0.717) is 19.8 Å². The van der Waals surface area contributed by atoms with E-state index in [9.17, 15) is 4.79 Å². The fraction of sp³-hybridized carbons (Fsp3) is 0.316. The molecule has 1 aliphatic carbocycles. The molecule has 3 N–H and O–H groups in total. The van der Waals surface area contributed by atoms with Crippen molar-refractivity contribution < 1.29 is 23.9 Å². The summed E-state index contributed by atoms with van der Waals surface area (Å²) in [6.45, 7) is 1.43. The van der Waals surface area contributed by atoms with Gasteiger partial charge < -0.3 is 14.3 Å². The third kappa shape index (κ3) is 4.39. The first-order chi connectivity index (χ1) is 12.8. The van der Waals surface area contributed by atoms with Gasteiger partial charge in [0.25, 0.3) is 0 Å². The lowest BCUT2D eigenvalue weighted by Gasteiger charge is -2.14. The summed E-state index contributed by atoms with van der Waals surface area (Å²) in [4.78, 5) is 21.2. The smallest absolute Gasteiger partial charge is 0.431 e. The highest BCUT2D eigenvalue weighted by Crippen LogP contribution is 2.44. The Hall–Kier alpha value is -2.45. The molecule has 0 spiro atoms. The number of carbonyl (C=O) groups is 1. The molecule has 0 saturated carbocycles. The Balaban J connectivity index is 1.47. The van der Waals surface area contributed by atoms with Gasteiger partial charge >= 0.3 is 6.09 Å². The number of carbonyl (C=O) groups excluding carboxylic acids is 1. The molecule has 0 aliphatic heterocycles. The average molecular weight is 358 g/mol. The van der Waals surface area contributed by atoms with Crippen molar-refractivity contribution in [1.29, 1.82) is 0 Å². The molecule has 0 fully saturated rings. The maximum atomic E-state index is 11.8. The zero-order chi connectivity index (χ0) is 18.2. The molecule has 3 rings (SSSR count). The van der Waals surface area contributed by atoms with Crippen LogP contribution in [-0.4, -0.2) is 39.1 Å². The van der Waals surface area contributed by atoms with Gasteiger partial charge in [-0.3, -0.25) is 4.84 Å². The molecule has 0 atom stereocenters.